The van der Waals surface area contributed by atoms with Gasteiger partial charge in [-0.25, -0.2) is 4.39 Å². The average molecular weight is 300 g/mol. The number of para-hydroxylation sites is 1. The molecule has 22 heavy (non-hydrogen) atoms. The predicted octanol–water partition coefficient (Wildman–Crippen LogP) is 3.01. The van der Waals surface area contributed by atoms with Gasteiger partial charge in [0.15, 0.2) is 0 Å². The fourth-order valence-electron chi connectivity index (χ4n) is 2.29. The van der Waals surface area contributed by atoms with Crippen LogP contribution in [0.4, 0.5) is 10.1 Å². The lowest BCUT2D eigenvalue weighted by Gasteiger charge is -2.21. The third-order valence-electron chi connectivity index (χ3n) is 3.47. The molecule has 0 bridgehead atoms. The van der Waals surface area contributed by atoms with Crippen molar-refractivity contribution in [2.45, 2.75) is 13.3 Å². The van der Waals surface area contributed by atoms with Crippen LogP contribution in [-0.2, 0) is 11.2 Å². The number of carbonyl (C=O) groups excluding carboxylic acids is 1. The van der Waals surface area contributed by atoms with Crippen LogP contribution in [0.2, 0.25) is 0 Å². The van der Waals surface area contributed by atoms with Gasteiger partial charge >= 0.3 is 0 Å². The molecule has 0 fully saturated rings. The van der Waals surface area contributed by atoms with Crippen molar-refractivity contribution in [3.63, 3.8) is 0 Å². The van der Waals surface area contributed by atoms with Gasteiger partial charge in [-0.3, -0.25) is 4.79 Å². The summed E-state index contributed by atoms with van der Waals surface area (Å²) in [6, 6.07) is 16.1. The van der Waals surface area contributed by atoms with E-state index in [0.717, 1.165) is 17.7 Å². The monoisotopic (exact) mass is 300 g/mol. The van der Waals surface area contributed by atoms with Gasteiger partial charge in [-0.2, -0.15) is 0 Å². The Hall–Kier alpha value is -2.20. The molecule has 0 atom stereocenters. The number of nitrogens with one attached hydrogen (secondary N) is 1. The Morgan fingerprint density at radius 1 is 1.09 bits per heavy atom. The molecule has 3 nitrogen and oxygen atoms in total. The molecule has 0 aromatic heterocycles. The highest BCUT2D eigenvalue weighted by atomic mass is 19.1. The first-order valence-corrected chi connectivity index (χ1v) is 7.51. The third-order valence-corrected chi connectivity index (χ3v) is 3.47. The molecule has 0 aliphatic rings. The summed E-state index contributed by atoms with van der Waals surface area (Å²) in [7, 11) is 0. The lowest BCUT2D eigenvalue weighted by molar-refractivity contribution is -0.117. The van der Waals surface area contributed by atoms with E-state index in [4.69, 9.17) is 0 Å². The third kappa shape index (κ3) is 4.67. The van der Waals surface area contributed by atoms with Crippen LogP contribution in [0.15, 0.2) is 54.6 Å². The van der Waals surface area contributed by atoms with Crippen molar-refractivity contribution in [3.05, 3.63) is 66.0 Å². The van der Waals surface area contributed by atoms with Gasteiger partial charge in [-0.05, 0) is 49.7 Å². The molecule has 0 spiro atoms. The molecule has 0 unspecified atom stereocenters. The quantitative estimate of drug-likeness (QED) is 0.797. The van der Waals surface area contributed by atoms with Crippen molar-refractivity contribution in [2.75, 3.05) is 24.5 Å². The minimum Gasteiger partial charge on any atom is -0.312 e. The first kappa shape index (κ1) is 16.2. The molecule has 0 aliphatic heterocycles. The fourth-order valence-corrected chi connectivity index (χ4v) is 2.29. The van der Waals surface area contributed by atoms with Crippen molar-refractivity contribution in [1.82, 2.24) is 5.32 Å². The molecule has 2 aromatic rings. The highest BCUT2D eigenvalue weighted by Crippen LogP contribution is 2.12. The van der Waals surface area contributed by atoms with E-state index in [9.17, 15) is 9.18 Å². The fraction of sp³-hybridized carbons (Fsp3) is 0.278. The molecule has 1 N–H and O–H groups in total. The topological polar surface area (TPSA) is 32.3 Å². The number of carbonyl (C=O) groups is 1. The Kier molecular flexibility index (Phi) is 6.10. The van der Waals surface area contributed by atoms with Gasteiger partial charge in [0.05, 0.1) is 6.54 Å². The molecule has 0 saturated heterocycles. The Morgan fingerprint density at radius 3 is 2.41 bits per heavy atom. The minimum atomic E-state index is -0.228. The predicted molar refractivity (Wildman–Crippen MR) is 87.4 cm³/mol. The van der Waals surface area contributed by atoms with Crippen LogP contribution in [0.25, 0.3) is 0 Å². The lowest BCUT2D eigenvalue weighted by atomic mass is 10.1. The largest absolute Gasteiger partial charge is 0.312 e. The standard InChI is InChI=1S/C18H21FN2O/c1-2-21(17-6-4-3-5-7-17)18(22)14-20-13-12-15-8-10-16(19)11-9-15/h3-11,20H,2,12-14H2,1H3. The van der Waals surface area contributed by atoms with Crippen LogP contribution < -0.4 is 10.2 Å². The van der Waals surface area contributed by atoms with E-state index in [0.29, 0.717) is 19.6 Å². The summed E-state index contributed by atoms with van der Waals surface area (Å²) in [5.41, 5.74) is 1.96. The van der Waals surface area contributed by atoms with Crippen molar-refractivity contribution in [3.8, 4) is 0 Å². The SMILES string of the molecule is CCN(C(=O)CNCCc1ccc(F)cc1)c1ccccc1. The normalized spacial score (nSPS) is 10.5. The van der Waals surface area contributed by atoms with E-state index in [2.05, 4.69) is 5.32 Å². The summed E-state index contributed by atoms with van der Waals surface area (Å²) in [5.74, 6) is -0.179. The van der Waals surface area contributed by atoms with Gasteiger partial charge in [-0.1, -0.05) is 30.3 Å². The summed E-state index contributed by atoms with van der Waals surface area (Å²) in [6.45, 7) is 3.58. The summed E-state index contributed by atoms with van der Waals surface area (Å²) in [5, 5.41) is 3.15. The molecule has 1 amide bonds. The average Bonchev–Trinajstić information content (AvgIpc) is 2.55. The number of anilines is 1. The lowest BCUT2D eigenvalue weighted by Crippen LogP contribution is -2.38. The molecule has 0 aliphatic carbocycles. The number of amides is 1. The second kappa shape index (κ2) is 8.29. The van der Waals surface area contributed by atoms with Gasteiger partial charge in [-0.15, -0.1) is 0 Å². The summed E-state index contributed by atoms with van der Waals surface area (Å²) >= 11 is 0. The zero-order valence-electron chi connectivity index (χ0n) is 12.8. The van der Waals surface area contributed by atoms with Crippen LogP contribution in [0, 0.1) is 5.82 Å². The van der Waals surface area contributed by atoms with Crippen LogP contribution in [0.3, 0.4) is 0 Å². The van der Waals surface area contributed by atoms with Crippen LogP contribution in [0.5, 0.6) is 0 Å². The van der Waals surface area contributed by atoms with Crippen LogP contribution in [0.1, 0.15) is 12.5 Å². The van der Waals surface area contributed by atoms with E-state index in [1.807, 2.05) is 37.3 Å². The Bertz CT molecular complexity index is 584. The van der Waals surface area contributed by atoms with Gasteiger partial charge < -0.3 is 10.2 Å². The summed E-state index contributed by atoms with van der Waals surface area (Å²) in [6.07, 6.45) is 0.769. The molecular weight excluding hydrogens is 279 g/mol. The molecular formula is C18H21FN2O. The van der Waals surface area contributed by atoms with Gasteiger partial charge in [0.2, 0.25) is 5.91 Å². The zero-order chi connectivity index (χ0) is 15.8. The maximum Gasteiger partial charge on any atom is 0.240 e. The Labute approximate surface area is 130 Å². The summed E-state index contributed by atoms with van der Waals surface area (Å²) < 4.78 is 12.8. The number of hydrogen-bond acceptors (Lipinski definition) is 2. The first-order valence-electron chi connectivity index (χ1n) is 7.51. The van der Waals surface area contributed by atoms with Crippen molar-refractivity contribution in [1.29, 1.82) is 0 Å². The van der Waals surface area contributed by atoms with E-state index < -0.39 is 0 Å². The van der Waals surface area contributed by atoms with Crippen molar-refractivity contribution < 1.29 is 9.18 Å². The minimum absolute atomic E-state index is 0.0489. The first-order chi connectivity index (χ1) is 10.7. The molecule has 4 heteroatoms. The molecule has 116 valence electrons. The zero-order valence-corrected chi connectivity index (χ0v) is 12.8. The van der Waals surface area contributed by atoms with Crippen molar-refractivity contribution >= 4 is 11.6 Å². The molecule has 2 rings (SSSR count). The number of hydrogen-bond donors (Lipinski definition) is 1. The molecule has 0 heterocycles. The van der Waals surface area contributed by atoms with Gasteiger partial charge in [0, 0.05) is 12.2 Å². The highest BCUT2D eigenvalue weighted by Gasteiger charge is 2.12. The molecule has 0 radical (unpaired) electrons. The number of benzene rings is 2. The maximum atomic E-state index is 12.8. The number of nitrogens with zero attached hydrogens (tertiary/aromatic N) is 1. The Morgan fingerprint density at radius 2 is 1.77 bits per heavy atom. The second-order valence-corrected chi connectivity index (χ2v) is 5.03. The highest BCUT2D eigenvalue weighted by molar-refractivity contribution is 5.94. The van der Waals surface area contributed by atoms with E-state index in [1.165, 1.54) is 12.1 Å². The van der Waals surface area contributed by atoms with Crippen molar-refractivity contribution in [2.24, 2.45) is 0 Å². The van der Waals surface area contributed by atoms with Gasteiger partial charge in [0.25, 0.3) is 0 Å². The number of rotatable bonds is 7. The molecule has 2 aromatic carbocycles. The Balaban J connectivity index is 1.78. The number of halogens is 1. The van der Waals surface area contributed by atoms with Crippen LogP contribution in [-0.4, -0.2) is 25.5 Å². The molecule has 0 saturated carbocycles. The van der Waals surface area contributed by atoms with E-state index >= 15 is 0 Å². The smallest absolute Gasteiger partial charge is 0.240 e. The van der Waals surface area contributed by atoms with E-state index in [1.54, 1.807) is 17.0 Å². The second-order valence-electron chi connectivity index (χ2n) is 5.03. The van der Waals surface area contributed by atoms with E-state index in [-0.39, 0.29) is 11.7 Å². The van der Waals surface area contributed by atoms with Gasteiger partial charge in [0.1, 0.15) is 5.82 Å². The number of likely N-dealkylation sites (N-methyl/N-ethyl adjacent to an activating group) is 1. The van der Waals surface area contributed by atoms with Crippen LogP contribution >= 0.6 is 0 Å². The maximum absolute atomic E-state index is 12.8. The summed E-state index contributed by atoms with van der Waals surface area (Å²) in [4.78, 5) is 14.0.